The van der Waals surface area contributed by atoms with Crippen LogP contribution in [0.3, 0.4) is 0 Å². The number of hydrogen-bond donors (Lipinski definition) is 1. The molecule has 0 bridgehead atoms. The Bertz CT molecular complexity index is 420. The molecule has 94 valence electrons. The maximum atomic E-state index is 11.0. The summed E-state index contributed by atoms with van der Waals surface area (Å²) in [4.78, 5) is 21.7. The molecule has 0 amide bonds. The summed E-state index contributed by atoms with van der Waals surface area (Å²) >= 11 is 0. The molecule has 0 saturated heterocycles. The molecule has 1 heterocycles. The van der Waals surface area contributed by atoms with E-state index in [4.69, 9.17) is 9.84 Å². The molecule has 0 aliphatic carbocycles. The Morgan fingerprint density at radius 1 is 1.41 bits per heavy atom. The summed E-state index contributed by atoms with van der Waals surface area (Å²) in [5.74, 6) is -1.27. The highest BCUT2D eigenvalue weighted by molar-refractivity contribution is 5.86. The van der Waals surface area contributed by atoms with Crippen molar-refractivity contribution in [1.82, 2.24) is 4.57 Å². The van der Waals surface area contributed by atoms with Crippen LogP contribution in [0.2, 0.25) is 0 Å². The van der Waals surface area contributed by atoms with Crippen LogP contribution in [0.4, 0.5) is 0 Å². The third-order valence-corrected chi connectivity index (χ3v) is 2.40. The predicted octanol–water partition coefficient (Wildman–Crippen LogP) is 1.87. The van der Waals surface area contributed by atoms with Crippen LogP contribution >= 0.6 is 0 Å². The second-order valence-electron chi connectivity index (χ2n) is 4.07. The minimum atomic E-state index is -0.947. The molecule has 1 aromatic heterocycles. The normalized spacial score (nSPS) is 10.6. The van der Waals surface area contributed by atoms with E-state index < -0.39 is 5.97 Å². The van der Waals surface area contributed by atoms with Gasteiger partial charge < -0.3 is 14.4 Å². The van der Waals surface area contributed by atoms with Gasteiger partial charge in [0.2, 0.25) is 0 Å². The molecule has 0 saturated carbocycles. The fraction of sp³-hybridized carbons (Fsp3) is 0.500. The van der Waals surface area contributed by atoms with Gasteiger partial charge in [-0.25, -0.2) is 4.79 Å². The minimum Gasteiger partial charge on any atom is -0.477 e. The largest absolute Gasteiger partial charge is 0.477 e. The highest BCUT2D eigenvalue weighted by atomic mass is 16.5. The molecule has 0 atom stereocenters. The van der Waals surface area contributed by atoms with Gasteiger partial charge in [-0.3, -0.25) is 4.79 Å². The third kappa shape index (κ3) is 3.34. The molecule has 1 rings (SSSR count). The Kier molecular flexibility index (Phi) is 4.31. The van der Waals surface area contributed by atoms with Gasteiger partial charge in [0.05, 0.1) is 6.61 Å². The quantitative estimate of drug-likeness (QED) is 0.796. The molecule has 1 N–H and O–H groups in total. The molecule has 0 spiro atoms. The number of esters is 1. The highest BCUT2D eigenvalue weighted by Crippen LogP contribution is 2.17. The molecule has 17 heavy (non-hydrogen) atoms. The number of carbonyl (C=O) groups excluding carboxylic acids is 1. The van der Waals surface area contributed by atoms with Crippen molar-refractivity contribution in [2.75, 3.05) is 6.61 Å². The fourth-order valence-corrected chi connectivity index (χ4v) is 1.78. The third-order valence-electron chi connectivity index (χ3n) is 2.40. The zero-order valence-electron chi connectivity index (χ0n) is 10.3. The average molecular weight is 239 g/mol. The molecule has 0 radical (unpaired) electrons. The first-order chi connectivity index (χ1) is 7.93. The lowest BCUT2D eigenvalue weighted by molar-refractivity contribution is -0.140. The second kappa shape index (κ2) is 5.52. The first-order valence-electron chi connectivity index (χ1n) is 5.50. The number of rotatable bonds is 5. The van der Waals surface area contributed by atoms with Crippen LogP contribution in [0.15, 0.2) is 12.1 Å². The lowest BCUT2D eigenvalue weighted by Gasteiger charge is -2.15. The number of ether oxygens (including phenoxy) is 1. The fourth-order valence-electron chi connectivity index (χ4n) is 1.78. The van der Waals surface area contributed by atoms with E-state index in [0.29, 0.717) is 6.42 Å². The van der Waals surface area contributed by atoms with E-state index in [2.05, 4.69) is 0 Å². The molecular formula is C12H17NO4. The van der Waals surface area contributed by atoms with Crippen molar-refractivity contribution in [2.24, 2.45) is 0 Å². The Labute approximate surface area is 100 Å². The number of carbonyl (C=O) groups is 2. The standard InChI is InChI=1S/C12H17NO4/c1-8(2)13-10(6-7-17-9(3)14)4-5-11(13)12(15)16/h4-5,8H,6-7H2,1-3H3,(H,15,16). The van der Waals surface area contributed by atoms with Crippen molar-refractivity contribution in [1.29, 1.82) is 0 Å². The van der Waals surface area contributed by atoms with Gasteiger partial charge in [-0.15, -0.1) is 0 Å². The van der Waals surface area contributed by atoms with Gasteiger partial charge in [-0.05, 0) is 26.0 Å². The van der Waals surface area contributed by atoms with E-state index in [1.54, 1.807) is 16.7 Å². The number of aromatic nitrogens is 1. The van der Waals surface area contributed by atoms with E-state index in [1.165, 1.54) is 6.92 Å². The number of hydrogen-bond acceptors (Lipinski definition) is 3. The second-order valence-corrected chi connectivity index (χ2v) is 4.07. The summed E-state index contributed by atoms with van der Waals surface area (Å²) in [6.07, 6.45) is 0.519. The van der Waals surface area contributed by atoms with Gasteiger partial charge in [0.15, 0.2) is 0 Å². The summed E-state index contributed by atoms with van der Waals surface area (Å²) in [5, 5.41) is 9.04. The molecule has 0 unspecified atom stereocenters. The van der Waals surface area contributed by atoms with Crippen LogP contribution in [0.25, 0.3) is 0 Å². The number of carboxylic acid groups (broad SMARTS) is 1. The van der Waals surface area contributed by atoms with Crippen molar-refractivity contribution >= 4 is 11.9 Å². The Hall–Kier alpha value is -1.78. The number of nitrogens with zero attached hydrogens (tertiary/aromatic N) is 1. The van der Waals surface area contributed by atoms with E-state index in [9.17, 15) is 9.59 Å². The first kappa shape index (κ1) is 13.3. The Balaban J connectivity index is 2.85. The van der Waals surface area contributed by atoms with Gasteiger partial charge in [-0.2, -0.15) is 0 Å². The van der Waals surface area contributed by atoms with Crippen molar-refractivity contribution < 1.29 is 19.4 Å². The van der Waals surface area contributed by atoms with Crippen molar-refractivity contribution in [3.63, 3.8) is 0 Å². The minimum absolute atomic E-state index is 0.0587. The van der Waals surface area contributed by atoms with Gasteiger partial charge in [0.25, 0.3) is 0 Å². The van der Waals surface area contributed by atoms with Crippen LogP contribution < -0.4 is 0 Å². The highest BCUT2D eigenvalue weighted by Gasteiger charge is 2.15. The monoisotopic (exact) mass is 239 g/mol. The SMILES string of the molecule is CC(=O)OCCc1ccc(C(=O)O)n1C(C)C. The van der Waals surface area contributed by atoms with E-state index >= 15 is 0 Å². The number of carboxylic acids is 1. The summed E-state index contributed by atoms with van der Waals surface area (Å²) in [5.41, 5.74) is 1.12. The van der Waals surface area contributed by atoms with Gasteiger partial charge in [-0.1, -0.05) is 0 Å². The van der Waals surface area contributed by atoms with Crippen LogP contribution in [-0.4, -0.2) is 28.2 Å². The predicted molar refractivity (Wildman–Crippen MR) is 62.1 cm³/mol. The van der Waals surface area contributed by atoms with Crippen LogP contribution in [0, 0.1) is 0 Å². The maximum Gasteiger partial charge on any atom is 0.352 e. The smallest absolute Gasteiger partial charge is 0.352 e. The van der Waals surface area contributed by atoms with Gasteiger partial charge in [0.1, 0.15) is 5.69 Å². The summed E-state index contributed by atoms with van der Waals surface area (Å²) < 4.78 is 6.59. The molecule has 1 aromatic rings. The molecule has 0 fully saturated rings. The van der Waals surface area contributed by atoms with E-state index in [-0.39, 0.29) is 24.3 Å². The number of aromatic carboxylic acids is 1. The maximum absolute atomic E-state index is 11.0. The summed E-state index contributed by atoms with van der Waals surface area (Å²) in [6, 6.07) is 3.39. The lowest BCUT2D eigenvalue weighted by atomic mass is 10.3. The molecular weight excluding hydrogens is 222 g/mol. The van der Waals surface area contributed by atoms with Crippen LogP contribution in [0.5, 0.6) is 0 Å². The zero-order chi connectivity index (χ0) is 13.0. The lowest BCUT2D eigenvalue weighted by Crippen LogP contribution is -2.15. The molecule has 0 aromatic carbocycles. The van der Waals surface area contributed by atoms with Crippen molar-refractivity contribution in [2.45, 2.75) is 33.2 Å². The van der Waals surface area contributed by atoms with E-state index in [1.807, 2.05) is 13.8 Å². The van der Waals surface area contributed by atoms with Crippen molar-refractivity contribution in [3.05, 3.63) is 23.5 Å². The molecule has 0 aliphatic heterocycles. The zero-order valence-corrected chi connectivity index (χ0v) is 10.3. The average Bonchev–Trinajstić information content (AvgIpc) is 2.61. The Morgan fingerprint density at radius 3 is 2.53 bits per heavy atom. The summed E-state index contributed by atoms with van der Waals surface area (Å²) in [6.45, 7) is 5.46. The Morgan fingerprint density at radius 2 is 2.06 bits per heavy atom. The molecule has 5 nitrogen and oxygen atoms in total. The van der Waals surface area contributed by atoms with Gasteiger partial charge in [0, 0.05) is 25.1 Å². The van der Waals surface area contributed by atoms with E-state index in [0.717, 1.165) is 5.69 Å². The summed E-state index contributed by atoms with van der Waals surface area (Å²) in [7, 11) is 0. The van der Waals surface area contributed by atoms with Gasteiger partial charge >= 0.3 is 11.9 Å². The first-order valence-corrected chi connectivity index (χ1v) is 5.50. The molecule has 0 aliphatic rings. The molecule has 5 heteroatoms. The van der Waals surface area contributed by atoms with Crippen LogP contribution in [-0.2, 0) is 16.0 Å². The van der Waals surface area contributed by atoms with Crippen LogP contribution in [0.1, 0.15) is 43.0 Å². The van der Waals surface area contributed by atoms with Crippen molar-refractivity contribution in [3.8, 4) is 0 Å². The topological polar surface area (TPSA) is 68.5 Å².